The Labute approximate surface area is 162 Å². The molecule has 1 unspecified atom stereocenters. The fraction of sp³-hybridized carbons (Fsp3) is 0.400. The van der Waals surface area contributed by atoms with E-state index >= 15 is 0 Å². The topological polar surface area (TPSA) is 97.6 Å². The van der Waals surface area contributed by atoms with Gasteiger partial charge in [-0.05, 0) is 50.5 Å². The van der Waals surface area contributed by atoms with Crippen LogP contribution in [0.5, 0.6) is 0 Å². The molecule has 146 valence electrons. The molecule has 1 atom stereocenters. The first-order valence-electron chi connectivity index (χ1n) is 9.54. The van der Waals surface area contributed by atoms with Crippen molar-refractivity contribution in [3.63, 3.8) is 0 Å². The van der Waals surface area contributed by atoms with Crippen molar-refractivity contribution in [2.24, 2.45) is 0 Å². The Balaban J connectivity index is 1.37. The van der Waals surface area contributed by atoms with E-state index in [1.54, 1.807) is 4.57 Å². The molecule has 0 saturated heterocycles. The molecule has 8 heteroatoms. The molecule has 1 aromatic carbocycles. The molecular weight excluding hydrogens is 356 g/mol. The summed E-state index contributed by atoms with van der Waals surface area (Å²) >= 11 is 0. The van der Waals surface area contributed by atoms with E-state index in [-0.39, 0.29) is 17.6 Å². The molecule has 1 aliphatic rings. The van der Waals surface area contributed by atoms with Gasteiger partial charge in [0.15, 0.2) is 0 Å². The van der Waals surface area contributed by atoms with Crippen molar-refractivity contribution < 1.29 is 4.79 Å². The first-order valence-corrected chi connectivity index (χ1v) is 9.54. The Morgan fingerprint density at radius 2 is 2.04 bits per heavy atom. The van der Waals surface area contributed by atoms with Crippen LogP contribution in [-0.2, 0) is 19.5 Å². The van der Waals surface area contributed by atoms with E-state index in [0.29, 0.717) is 31.5 Å². The number of nitrogens with one attached hydrogen (secondary N) is 2. The third kappa shape index (κ3) is 3.76. The van der Waals surface area contributed by atoms with Crippen molar-refractivity contribution in [1.29, 1.82) is 0 Å². The van der Waals surface area contributed by atoms with Crippen molar-refractivity contribution >= 4 is 5.91 Å². The second kappa shape index (κ2) is 7.46. The fourth-order valence-corrected chi connectivity index (χ4v) is 3.69. The standard InChI is InChI=1S/C20H24N6O2/c1-13-11-14(2)26(24-13)12-15-3-5-16(6-4-15)19(27)21-17-7-8-18-22-23-20(28)25(18)10-9-17/h3-6,11,17H,7-10,12H2,1-2H3,(H,21,27)(H,23,28). The molecule has 3 heterocycles. The Morgan fingerprint density at radius 1 is 1.25 bits per heavy atom. The number of hydrogen-bond donors (Lipinski definition) is 2. The summed E-state index contributed by atoms with van der Waals surface area (Å²) in [5.74, 6) is 0.673. The number of aromatic amines is 1. The molecule has 1 amide bonds. The third-order valence-electron chi connectivity index (χ3n) is 5.24. The minimum absolute atomic E-state index is 0.0305. The summed E-state index contributed by atoms with van der Waals surface area (Å²) in [6.45, 7) is 5.27. The van der Waals surface area contributed by atoms with Crippen LogP contribution in [0.1, 0.15) is 46.0 Å². The van der Waals surface area contributed by atoms with Crippen LogP contribution in [0.2, 0.25) is 0 Å². The van der Waals surface area contributed by atoms with Gasteiger partial charge in [0.1, 0.15) is 5.82 Å². The van der Waals surface area contributed by atoms with Gasteiger partial charge in [-0.25, -0.2) is 9.89 Å². The molecular formula is C20H24N6O2. The van der Waals surface area contributed by atoms with Crippen LogP contribution in [0.25, 0.3) is 0 Å². The van der Waals surface area contributed by atoms with Gasteiger partial charge in [-0.15, -0.1) is 0 Å². The van der Waals surface area contributed by atoms with Gasteiger partial charge in [0, 0.05) is 30.3 Å². The Hall–Kier alpha value is -3.16. The van der Waals surface area contributed by atoms with E-state index in [1.165, 1.54) is 0 Å². The molecule has 0 saturated carbocycles. The van der Waals surface area contributed by atoms with Crippen LogP contribution in [-0.4, -0.2) is 36.5 Å². The van der Waals surface area contributed by atoms with Crippen LogP contribution < -0.4 is 11.0 Å². The number of nitrogens with zero attached hydrogens (tertiary/aromatic N) is 4. The van der Waals surface area contributed by atoms with Gasteiger partial charge in [-0.1, -0.05) is 12.1 Å². The average molecular weight is 380 g/mol. The molecule has 1 aliphatic heterocycles. The van der Waals surface area contributed by atoms with Crippen LogP contribution in [0.15, 0.2) is 35.1 Å². The Kier molecular flexibility index (Phi) is 4.85. The van der Waals surface area contributed by atoms with Gasteiger partial charge < -0.3 is 5.32 Å². The summed E-state index contributed by atoms with van der Waals surface area (Å²) in [5.41, 5.74) is 3.67. The summed E-state index contributed by atoms with van der Waals surface area (Å²) in [4.78, 5) is 24.3. The van der Waals surface area contributed by atoms with Crippen molar-refractivity contribution in [2.75, 3.05) is 0 Å². The number of carbonyl (C=O) groups excluding carboxylic acids is 1. The van der Waals surface area contributed by atoms with Gasteiger partial charge in [0.2, 0.25) is 0 Å². The molecule has 2 aromatic heterocycles. The van der Waals surface area contributed by atoms with E-state index in [4.69, 9.17) is 0 Å². The zero-order chi connectivity index (χ0) is 19.7. The van der Waals surface area contributed by atoms with Crippen molar-refractivity contribution in [3.8, 4) is 0 Å². The smallest absolute Gasteiger partial charge is 0.343 e. The molecule has 8 nitrogen and oxygen atoms in total. The largest absolute Gasteiger partial charge is 0.349 e. The van der Waals surface area contributed by atoms with E-state index < -0.39 is 0 Å². The summed E-state index contributed by atoms with van der Waals surface area (Å²) in [7, 11) is 0. The highest BCUT2D eigenvalue weighted by molar-refractivity contribution is 5.94. The number of hydrogen-bond acceptors (Lipinski definition) is 4. The number of carbonyl (C=O) groups is 1. The number of amides is 1. The second-order valence-corrected chi connectivity index (χ2v) is 7.38. The van der Waals surface area contributed by atoms with E-state index in [9.17, 15) is 9.59 Å². The van der Waals surface area contributed by atoms with Crippen molar-refractivity contribution in [2.45, 2.75) is 52.2 Å². The highest BCUT2D eigenvalue weighted by Gasteiger charge is 2.20. The van der Waals surface area contributed by atoms with Gasteiger partial charge in [0.25, 0.3) is 5.91 Å². The SMILES string of the molecule is Cc1cc(C)n(Cc2ccc(C(=O)NC3CCc4n[nH]c(=O)n4CC3)cc2)n1. The molecule has 0 bridgehead atoms. The number of aromatic nitrogens is 5. The third-order valence-corrected chi connectivity index (χ3v) is 5.24. The van der Waals surface area contributed by atoms with Crippen LogP contribution >= 0.6 is 0 Å². The highest BCUT2D eigenvalue weighted by atomic mass is 16.2. The van der Waals surface area contributed by atoms with Crippen LogP contribution in [0.4, 0.5) is 0 Å². The number of fused-ring (bicyclic) bond motifs is 1. The van der Waals surface area contributed by atoms with Gasteiger partial charge in [-0.2, -0.15) is 10.2 Å². The quantitative estimate of drug-likeness (QED) is 0.718. The number of aryl methyl sites for hydroxylation is 3. The molecule has 0 spiro atoms. The minimum Gasteiger partial charge on any atom is -0.349 e. The van der Waals surface area contributed by atoms with Gasteiger partial charge >= 0.3 is 5.69 Å². The molecule has 28 heavy (non-hydrogen) atoms. The average Bonchev–Trinajstić information content (AvgIpc) is 3.10. The highest BCUT2D eigenvalue weighted by Crippen LogP contribution is 2.13. The zero-order valence-corrected chi connectivity index (χ0v) is 16.1. The van der Waals surface area contributed by atoms with Gasteiger partial charge in [0.05, 0.1) is 12.2 Å². The zero-order valence-electron chi connectivity index (χ0n) is 16.1. The maximum absolute atomic E-state index is 12.6. The molecule has 2 N–H and O–H groups in total. The normalized spacial score (nSPS) is 16.4. The first kappa shape index (κ1) is 18.2. The molecule has 3 aromatic rings. The fourth-order valence-electron chi connectivity index (χ4n) is 3.69. The van der Waals surface area contributed by atoms with Crippen molar-refractivity contribution in [1.82, 2.24) is 29.9 Å². The lowest BCUT2D eigenvalue weighted by molar-refractivity contribution is 0.0933. The lowest BCUT2D eigenvalue weighted by Gasteiger charge is -2.16. The predicted molar refractivity (Wildman–Crippen MR) is 104 cm³/mol. The van der Waals surface area contributed by atoms with E-state index in [1.807, 2.05) is 42.8 Å². The monoisotopic (exact) mass is 380 g/mol. The second-order valence-electron chi connectivity index (χ2n) is 7.38. The Morgan fingerprint density at radius 3 is 2.75 bits per heavy atom. The Bertz CT molecular complexity index is 1040. The molecule has 0 aliphatic carbocycles. The minimum atomic E-state index is -0.180. The molecule has 0 radical (unpaired) electrons. The van der Waals surface area contributed by atoms with E-state index in [2.05, 4.69) is 26.7 Å². The molecule has 4 rings (SSSR count). The molecule has 0 fully saturated rings. The maximum Gasteiger partial charge on any atom is 0.343 e. The number of benzene rings is 1. The van der Waals surface area contributed by atoms with Crippen LogP contribution in [0.3, 0.4) is 0 Å². The summed E-state index contributed by atoms with van der Waals surface area (Å²) in [6.07, 6.45) is 2.16. The maximum atomic E-state index is 12.6. The first-order chi connectivity index (χ1) is 13.5. The van der Waals surface area contributed by atoms with Crippen LogP contribution in [0, 0.1) is 13.8 Å². The number of rotatable bonds is 4. The summed E-state index contributed by atoms with van der Waals surface area (Å²) in [6, 6.07) is 9.71. The lowest BCUT2D eigenvalue weighted by atomic mass is 10.1. The summed E-state index contributed by atoms with van der Waals surface area (Å²) in [5, 5.41) is 14.1. The lowest BCUT2D eigenvalue weighted by Crippen LogP contribution is -2.35. The number of H-pyrrole nitrogens is 1. The summed E-state index contributed by atoms with van der Waals surface area (Å²) < 4.78 is 3.61. The van der Waals surface area contributed by atoms with Crippen molar-refractivity contribution in [3.05, 3.63) is 69.2 Å². The van der Waals surface area contributed by atoms with Gasteiger partial charge in [-0.3, -0.25) is 14.0 Å². The van der Waals surface area contributed by atoms with E-state index in [0.717, 1.165) is 29.2 Å². The predicted octanol–water partition coefficient (Wildman–Crippen LogP) is 1.57.